The lowest BCUT2D eigenvalue weighted by Gasteiger charge is -2.18. The van der Waals surface area contributed by atoms with Crippen LogP contribution in [0.5, 0.6) is 17.2 Å². The highest BCUT2D eigenvalue weighted by Crippen LogP contribution is 2.37. The van der Waals surface area contributed by atoms with Crippen molar-refractivity contribution in [2.45, 2.75) is 13.8 Å². The summed E-state index contributed by atoms with van der Waals surface area (Å²) in [5.41, 5.74) is 1.33. The van der Waals surface area contributed by atoms with E-state index in [0.717, 1.165) is 0 Å². The van der Waals surface area contributed by atoms with Gasteiger partial charge in [0.1, 0.15) is 17.2 Å². The molecule has 3 aromatic carbocycles. The number of halogens is 2. The van der Waals surface area contributed by atoms with Gasteiger partial charge < -0.3 is 24.8 Å². The monoisotopic (exact) mass is 546 g/mol. The van der Waals surface area contributed by atoms with Crippen LogP contribution in [-0.4, -0.2) is 31.6 Å². The van der Waals surface area contributed by atoms with E-state index in [1.165, 1.54) is 0 Å². The molecule has 3 aromatic rings. The van der Waals surface area contributed by atoms with Crippen LogP contribution in [0.3, 0.4) is 0 Å². The third kappa shape index (κ3) is 6.88. The van der Waals surface area contributed by atoms with Gasteiger partial charge in [-0.3, -0.25) is 9.59 Å². The summed E-state index contributed by atoms with van der Waals surface area (Å²) in [4.78, 5) is 25.3. The van der Waals surface area contributed by atoms with Crippen molar-refractivity contribution in [3.63, 3.8) is 0 Å². The molecule has 0 radical (unpaired) electrons. The fourth-order valence-corrected chi connectivity index (χ4v) is 3.81. The Labute approximate surface area is 211 Å². The average Bonchev–Trinajstić information content (AvgIpc) is 2.82. The lowest BCUT2D eigenvalue weighted by molar-refractivity contribution is -0.118. The fraction of sp³-hybridized carbons (Fsp3) is 0.200. The van der Waals surface area contributed by atoms with Gasteiger partial charge in [-0.25, -0.2) is 0 Å². The summed E-state index contributed by atoms with van der Waals surface area (Å²) in [5.74, 6) is 0.579. The minimum absolute atomic E-state index is 0.234. The highest BCUT2D eigenvalue weighted by atomic mass is 79.9. The molecule has 0 atom stereocenters. The lowest BCUT2D eigenvalue weighted by Crippen LogP contribution is -2.21. The Morgan fingerprint density at radius 2 is 1.44 bits per heavy atom. The lowest BCUT2D eigenvalue weighted by atomic mass is 10.2. The first kappa shape index (κ1) is 25.4. The van der Waals surface area contributed by atoms with E-state index in [9.17, 15) is 9.59 Å². The van der Waals surface area contributed by atoms with E-state index in [1.807, 2.05) is 19.9 Å². The first-order valence-electron chi connectivity index (χ1n) is 10.6. The molecule has 0 aliphatic carbocycles. The quantitative estimate of drug-likeness (QED) is 0.317. The number of amides is 2. The van der Waals surface area contributed by atoms with Gasteiger partial charge in [0, 0.05) is 22.7 Å². The highest BCUT2D eigenvalue weighted by molar-refractivity contribution is 9.10. The minimum atomic E-state index is -0.397. The zero-order valence-electron chi connectivity index (χ0n) is 18.7. The largest absolute Gasteiger partial charge is 0.492 e. The second-order valence-corrected chi connectivity index (χ2v) is 8.23. The molecule has 0 aliphatic heterocycles. The second kappa shape index (κ2) is 12.3. The smallest absolute Gasteiger partial charge is 0.262 e. The van der Waals surface area contributed by atoms with Crippen LogP contribution in [0.25, 0.3) is 0 Å². The Kier molecular flexibility index (Phi) is 9.18. The standard InChI is InChI=1S/C25H24BrClN2O5/c1-3-32-22-14-20(29-25(31)16-8-6-5-7-9-16)23(33-4-2)13-19(22)28-24(30)15-34-21-11-10-17(27)12-18(21)26/h5-14H,3-4,15H2,1-2H3,(H,28,30)(H,29,31). The molecule has 9 heteroatoms. The molecule has 2 amide bonds. The van der Waals surface area contributed by atoms with Gasteiger partial charge >= 0.3 is 0 Å². The molecule has 0 fully saturated rings. The van der Waals surface area contributed by atoms with Gasteiger partial charge in [0.05, 0.1) is 29.1 Å². The Hall–Kier alpha value is -3.23. The van der Waals surface area contributed by atoms with Crippen molar-refractivity contribution in [2.75, 3.05) is 30.5 Å². The number of nitrogens with one attached hydrogen (secondary N) is 2. The summed E-state index contributed by atoms with van der Waals surface area (Å²) in [6, 6.07) is 17.1. The number of ether oxygens (including phenoxy) is 3. The third-order valence-corrected chi connectivity index (χ3v) is 5.35. The van der Waals surface area contributed by atoms with Gasteiger partial charge in [-0.2, -0.15) is 0 Å². The first-order chi connectivity index (χ1) is 16.4. The summed E-state index contributed by atoms with van der Waals surface area (Å²) >= 11 is 9.29. The van der Waals surface area contributed by atoms with Gasteiger partial charge in [-0.15, -0.1) is 0 Å². The normalized spacial score (nSPS) is 10.4. The van der Waals surface area contributed by atoms with Crippen molar-refractivity contribution in [1.82, 2.24) is 0 Å². The van der Waals surface area contributed by atoms with Crippen molar-refractivity contribution in [3.05, 3.63) is 75.7 Å². The number of hydrogen-bond donors (Lipinski definition) is 2. The van der Waals surface area contributed by atoms with E-state index < -0.39 is 5.91 Å². The Morgan fingerprint density at radius 3 is 2.03 bits per heavy atom. The fourth-order valence-electron chi connectivity index (χ4n) is 3.01. The SMILES string of the molecule is CCOc1cc(NC(=O)c2ccccc2)c(OCC)cc1NC(=O)COc1ccc(Cl)cc1Br. The summed E-state index contributed by atoms with van der Waals surface area (Å²) in [7, 11) is 0. The van der Waals surface area contributed by atoms with Crippen LogP contribution in [0.2, 0.25) is 5.02 Å². The van der Waals surface area contributed by atoms with Crippen molar-refractivity contribution in [1.29, 1.82) is 0 Å². The van der Waals surface area contributed by atoms with Gasteiger partial charge in [0.2, 0.25) is 0 Å². The van der Waals surface area contributed by atoms with E-state index in [-0.39, 0.29) is 12.5 Å². The third-order valence-electron chi connectivity index (χ3n) is 4.49. The molecule has 178 valence electrons. The van der Waals surface area contributed by atoms with E-state index in [2.05, 4.69) is 26.6 Å². The predicted octanol–water partition coefficient (Wildman–Crippen LogP) is 6.17. The topological polar surface area (TPSA) is 85.9 Å². The van der Waals surface area contributed by atoms with Crippen molar-refractivity contribution < 1.29 is 23.8 Å². The van der Waals surface area contributed by atoms with Crippen molar-refractivity contribution in [3.8, 4) is 17.2 Å². The van der Waals surface area contributed by atoms with Crippen LogP contribution >= 0.6 is 27.5 Å². The number of rotatable bonds is 10. The molecule has 2 N–H and O–H groups in total. The molecule has 0 bridgehead atoms. The van der Waals surface area contributed by atoms with Gasteiger partial charge in [0.25, 0.3) is 11.8 Å². The molecule has 0 saturated carbocycles. The zero-order chi connectivity index (χ0) is 24.5. The molecular weight excluding hydrogens is 524 g/mol. The van der Waals surface area contributed by atoms with Crippen LogP contribution in [0.4, 0.5) is 11.4 Å². The maximum absolute atomic E-state index is 12.7. The number of benzene rings is 3. The first-order valence-corrected chi connectivity index (χ1v) is 11.8. The van der Waals surface area contributed by atoms with Crippen LogP contribution < -0.4 is 24.8 Å². The number of carbonyl (C=O) groups excluding carboxylic acids is 2. The molecule has 7 nitrogen and oxygen atoms in total. The van der Waals surface area contributed by atoms with E-state index in [4.69, 9.17) is 25.8 Å². The van der Waals surface area contributed by atoms with Gasteiger partial charge in [-0.1, -0.05) is 29.8 Å². The Bertz CT molecular complexity index is 1160. The van der Waals surface area contributed by atoms with Gasteiger partial charge in [0.15, 0.2) is 6.61 Å². The number of hydrogen-bond acceptors (Lipinski definition) is 5. The van der Waals surface area contributed by atoms with Crippen LogP contribution in [0.1, 0.15) is 24.2 Å². The second-order valence-electron chi connectivity index (χ2n) is 6.94. The predicted molar refractivity (Wildman–Crippen MR) is 136 cm³/mol. The molecule has 34 heavy (non-hydrogen) atoms. The molecule has 0 aromatic heterocycles. The molecule has 0 aliphatic rings. The minimum Gasteiger partial charge on any atom is -0.492 e. The van der Waals surface area contributed by atoms with Crippen LogP contribution in [0.15, 0.2) is 65.1 Å². The summed E-state index contributed by atoms with van der Waals surface area (Å²) in [6.45, 7) is 4.14. The molecule has 0 heterocycles. The maximum atomic E-state index is 12.7. The summed E-state index contributed by atoms with van der Waals surface area (Å²) in [5, 5.41) is 6.18. The van der Waals surface area contributed by atoms with Crippen molar-refractivity contribution >= 4 is 50.7 Å². The highest BCUT2D eigenvalue weighted by Gasteiger charge is 2.17. The maximum Gasteiger partial charge on any atom is 0.262 e. The zero-order valence-corrected chi connectivity index (χ0v) is 21.0. The molecule has 0 unspecified atom stereocenters. The number of anilines is 2. The van der Waals surface area contributed by atoms with E-state index in [0.29, 0.717) is 56.9 Å². The number of carbonyl (C=O) groups is 2. The van der Waals surface area contributed by atoms with Crippen molar-refractivity contribution in [2.24, 2.45) is 0 Å². The molecule has 0 spiro atoms. The average molecular weight is 548 g/mol. The Morgan fingerprint density at radius 1 is 0.824 bits per heavy atom. The van der Waals surface area contributed by atoms with E-state index in [1.54, 1.807) is 54.6 Å². The summed E-state index contributed by atoms with van der Waals surface area (Å²) < 4.78 is 17.6. The molecular formula is C25H24BrClN2O5. The van der Waals surface area contributed by atoms with Gasteiger partial charge in [-0.05, 0) is 60.1 Å². The Balaban J connectivity index is 1.79. The molecule has 0 saturated heterocycles. The van der Waals surface area contributed by atoms with Crippen LogP contribution in [-0.2, 0) is 4.79 Å². The molecule has 3 rings (SSSR count). The van der Waals surface area contributed by atoms with Crippen LogP contribution in [0, 0.1) is 0 Å². The van der Waals surface area contributed by atoms with E-state index >= 15 is 0 Å². The summed E-state index contributed by atoms with van der Waals surface area (Å²) in [6.07, 6.45) is 0.